The molecule has 0 radical (unpaired) electrons. The fraction of sp³-hybridized carbons (Fsp3) is 0.688. The Morgan fingerprint density at radius 3 is 2.22 bits per heavy atom. The van der Waals surface area contributed by atoms with Gasteiger partial charge in [0.15, 0.2) is 5.78 Å². The Kier molecular flexibility index (Phi) is 7.47. The van der Waals surface area contributed by atoms with Crippen LogP contribution in [0.15, 0.2) is 16.7 Å². The van der Waals surface area contributed by atoms with E-state index in [0.29, 0.717) is 6.42 Å². The minimum atomic E-state index is 0.229. The Hall–Kier alpha value is -1.05. The van der Waals surface area contributed by atoms with Crippen LogP contribution in [0.5, 0.6) is 0 Å². The van der Waals surface area contributed by atoms with E-state index in [-0.39, 0.29) is 5.78 Å². The summed E-state index contributed by atoms with van der Waals surface area (Å²) in [5.41, 5.74) is 0.762. The van der Waals surface area contributed by atoms with Crippen LogP contribution in [0, 0.1) is 6.92 Å². The van der Waals surface area contributed by atoms with Crippen molar-refractivity contribution in [3.63, 3.8) is 0 Å². The molecule has 0 N–H and O–H groups in total. The Bertz CT molecular complexity index is 339. The van der Waals surface area contributed by atoms with E-state index in [2.05, 4.69) is 6.92 Å². The van der Waals surface area contributed by atoms with Crippen LogP contribution < -0.4 is 0 Å². The summed E-state index contributed by atoms with van der Waals surface area (Å²) in [5, 5.41) is 0. The minimum Gasteiger partial charge on any atom is -0.469 e. The molecular formula is C16H26O2. The summed E-state index contributed by atoms with van der Waals surface area (Å²) < 4.78 is 5.15. The van der Waals surface area contributed by atoms with E-state index in [9.17, 15) is 4.79 Å². The van der Waals surface area contributed by atoms with Gasteiger partial charge in [-0.05, 0) is 19.4 Å². The zero-order valence-electron chi connectivity index (χ0n) is 11.8. The molecule has 0 saturated carbocycles. The molecule has 102 valence electrons. The third-order valence-corrected chi connectivity index (χ3v) is 3.42. The van der Waals surface area contributed by atoms with Crippen LogP contribution >= 0.6 is 0 Å². The average molecular weight is 250 g/mol. The lowest BCUT2D eigenvalue weighted by Gasteiger charge is -2.01. The Labute approximate surface area is 111 Å². The van der Waals surface area contributed by atoms with Gasteiger partial charge in [-0.25, -0.2) is 0 Å². The van der Waals surface area contributed by atoms with Crippen LogP contribution in [0.4, 0.5) is 0 Å². The van der Waals surface area contributed by atoms with E-state index >= 15 is 0 Å². The second-order valence-corrected chi connectivity index (χ2v) is 5.04. The second kappa shape index (κ2) is 8.96. The number of Topliss-reactive ketones (excluding diaryl/α,β-unsaturated/α-hetero) is 1. The van der Waals surface area contributed by atoms with Gasteiger partial charge in [-0.2, -0.15) is 0 Å². The van der Waals surface area contributed by atoms with Crippen molar-refractivity contribution in [2.75, 3.05) is 0 Å². The predicted molar refractivity (Wildman–Crippen MR) is 75.0 cm³/mol. The molecule has 1 aromatic rings. The summed E-state index contributed by atoms with van der Waals surface area (Å²) in [7, 11) is 0. The Balaban J connectivity index is 2.01. The maximum absolute atomic E-state index is 11.8. The lowest BCUT2D eigenvalue weighted by Crippen LogP contribution is -1.98. The molecule has 0 aliphatic rings. The molecule has 2 nitrogen and oxygen atoms in total. The van der Waals surface area contributed by atoms with Gasteiger partial charge in [-0.1, -0.05) is 51.9 Å². The van der Waals surface area contributed by atoms with E-state index in [1.54, 1.807) is 12.3 Å². The first-order valence-electron chi connectivity index (χ1n) is 7.33. The molecule has 0 bridgehead atoms. The number of furan rings is 1. The number of carbonyl (C=O) groups excluding carboxylic acids is 1. The first-order valence-corrected chi connectivity index (χ1v) is 7.33. The summed E-state index contributed by atoms with van der Waals surface area (Å²) in [6.45, 7) is 4.09. The lowest BCUT2D eigenvalue weighted by atomic mass is 10.0. The summed E-state index contributed by atoms with van der Waals surface area (Å²) in [6, 6.07) is 1.78. The van der Waals surface area contributed by atoms with Crippen LogP contribution in [-0.2, 0) is 0 Å². The zero-order chi connectivity index (χ0) is 13.2. The second-order valence-electron chi connectivity index (χ2n) is 5.04. The van der Waals surface area contributed by atoms with Gasteiger partial charge in [0.2, 0.25) is 0 Å². The number of rotatable bonds is 10. The van der Waals surface area contributed by atoms with E-state index in [4.69, 9.17) is 4.42 Å². The third-order valence-electron chi connectivity index (χ3n) is 3.42. The summed E-state index contributed by atoms with van der Waals surface area (Å²) in [5.74, 6) is 0.979. The molecule has 0 aromatic carbocycles. The smallest absolute Gasteiger partial charge is 0.166 e. The summed E-state index contributed by atoms with van der Waals surface area (Å²) in [4.78, 5) is 11.8. The van der Waals surface area contributed by atoms with Gasteiger partial charge < -0.3 is 4.42 Å². The summed E-state index contributed by atoms with van der Waals surface area (Å²) in [6.07, 6.45) is 12.4. The van der Waals surface area contributed by atoms with E-state index in [0.717, 1.165) is 17.7 Å². The number of carbonyl (C=O) groups is 1. The minimum absolute atomic E-state index is 0.229. The Morgan fingerprint density at radius 2 is 1.67 bits per heavy atom. The van der Waals surface area contributed by atoms with Crippen molar-refractivity contribution in [3.8, 4) is 0 Å². The van der Waals surface area contributed by atoms with Crippen LogP contribution in [0.25, 0.3) is 0 Å². The number of aryl methyl sites for hydroxylation is 1. The van der Waals surface area contributed by atoms with Crippen molar-refractivity contribution in [2.24, 2.45) is 0 Å². The SMILES string of the molecule is CCCCCCCCCCC(=O)c1ccoc1C. The maximum atomic E-state index is 11.8. The van der Waals surface area contributed by atoms with Gasteiger partial charge in [-0.3, -0.25) is 4.79 Å². The fourth-order valence-corrected chi connectivity index (χ4v) is 2.23. The highest BCUT2D eigenvalue weighted by atomic mass is 16.3. The molecule has 0 unspecified atom stereocenters. The van der Waals surface area contributed by atoms with Crippen molar-refractivity contribution in [1.29, 1.82) is 0 Å². The molecule has 0 amide bonds. The normalized spacial score (nSPS) is 10.8. The van der Waals surface area contributed by atoms with Gasteiger partial charge in [-0.15, -0.1) is 0 Å². The van der Waals surface area contributed by atoms with Gasteiger partial charge >= 0.3 is 0 Å². The molecule has 2 heteroatoms. The molecule has 0 aliphatic heterocycles. The number of unbranched alkanes of at least 4 members (excludes halogenated alkanes) is 7. The fourth-order valence-electron chi connectivity index (χ4n) is 2.23. The Morgan fingerprint density at radius 1 is 1.06 bits per heavy atom. The van der Waals surface area contributed by atoms with Crippen LogP contribution in [0.1, 0.15) is 80.8 Å². The topological polar surface area (TPSA) is 30.2 Å². The molecular weight excluding hydrogens is 224 g/mol. The van der Waals surface area contributed by atoms with Gasteiger partial charge in [0.25, 0.3) is 0 Å². The monoisotopic (exact) mass is 250 g/mol. The average Bonchev–Trinajstić information content (AvgIpc) is 2.79. The molecule has 1 heterocycles. The van der Waals surface area contributed by atoms with Crippen molar-refractivity contribution >= 4 is 5.78 Å². The number of hydrogen-bond acceptors (Lipinski definition) is 2. The van der Waals surface area contributed by atoms with Crippen LogP contribution in [0.2, 0.25) is 0 Å². The molecule has 0 spiro atoms. The maximum Gasteiger partial charge on any atom is 0.166 e. The zero-order valence-corrected chi connectivity index (χ0v) is 11.8. The third kappa shape index (κ3) is 5.52. The van der Waals surface area contributed by atoms with Crippen molar-refractivity contribution < 1.29 is 9.21 Å². The molecule has 0 aliphatic carbocycles. The van der Waals surface area contributed by atoms with E-state index < -0.39 is 0 Å². The van der Waals surface area contributed by atoms with Gasteiger partial charge in [0, 0.05) is 6.42 Å². The van der Waals surface area contributed by atoms with Crippen molar-refractivity contribution in [3.05, 3.63) is 23.7 Å². The first-order chi connectivity index (χ1) is 8.75. The standard InChI is InChI=1S/C16H26O2/c1-3-4-5-6-7-8-9-10-11-16(17)15-12-13-18-14(15)2/h12-13H,3-11H2,1-2H3. The molecule has 18 heavy (non-hydrogen) atoms. The molecule has 0 fully saturated rings. The van der Waals surface area contributed by atoms with E-state index in [1.165, 1.54) is 44.9 Å². The predicted octanol–water partition coefficient (Wildman–Crippen LogP) is 5.30. The molecule has 1 rings (SSSR count). The van der Waals surface area contributed by atoms with Crippen LogP contribution in [-0.4, -0.2) is 5.78 Å². The largest absolute Gasteiger partial charge is 0.469 e. The van der Waals surface area contributed by atoms with E-state index in [1.807, 2.05) is 6.92 Å². The molecule has 0 atom stereocenters. The molecule has 0 saturated heterocycles. The van der Waals surface area contributed by atoms with Gasteiger partial charge in [0.05, 0.1) is 11.8 Å². The number of hydrogen-bond donors (Lipinski definition) is 0. The summed E-state index contributed by atoms with van der Waals surface area (Å²) >= 11 is 0. The van der Waals surface area contributed by atoms with Crippen molar-refractivity contribution in [1.82, 2.24) is 0 Å². The lowest BCUT2D eigenvalue weighted by molar-refractivity contribution is 0.0977. The molecule has 1 aromatic heterocycles. The first kappa shape index (κ1) is 15.0. The quantitative estimate of drug-likeness (QED) is 0.416. The highest BCUT2D eigenvalue weighted by molar-refractivity contribution is 5.96. The van der Waals surface area contributed by atoms with Crippen LogP contribution in [0.3, 0.4) is 0 Å². The highest BCUT2D eigenvalue weighted by Crippen LogP contribution is 2.15. The number of ketones is 1. The highest BCUT2D eigenvalue weighted by Gasteiger charge is 2.10. The van der Waals surface area contributed by atoms with Gasteiger partial charge in [0.1, 0.15) is 5.76 Å². The van der Waals surface area contributed by atoms with Crippen molar-refractivity contribution in [2.45, 2.75) is 71.6 Å².